The Hall–Kier alpha value is -1.03. The smallest absolute Gasteiger partial charge is 0.394 e. The van der Waals surface area contributed by atoms with Gasteiger partial charge in [-0.3, -0.25) is 9.11 Å². The number of hydrogen-bond donors (Lipinski definition) is 10. The summed E-state index contributed by atoms with van der Waals surface area (Å²) in [4.78, 5) is 0. The standard InChI is InChI=1S/C22H43N5O7.H2O4S/c1-5-27-13-8-12(25)17(33-20-11(24)6-7-14(32-20)10(2)23)15(28)18(13)34-21-16(29)19(26-4)22(3,30)9-31-21;1-5(2,3)4/h7,10-13,15-21,26-30H,5-6,8-9,23-25H2,1-4H3;(H2,1,2,3,4)/t10?,11-,12-,13+,15+,16-,17-,18+,19-,20-,21+,22+;/m1./s1. The van der Waals surface area contributed by atoms with E-state index in [0.29, 0.717) is 25.1 Å². The van der Waals surface area contributed by atoms with Crippen molar-refractivity contribution in [2.75, 3.05) is 20.2 Å². The topological polar surface area (TPSA) is 274 Å². The third kappa shape index (κ3) is 9.50. The van der Waals surface area contributed by atoms with Crippen molar-refractivity contribution in [3.8, 4) is 0 Å². The molecule has 39 heavy (non-hydrogen) atoms. The Morgan fingerprint density at radius 2 is 1.74 bits per heavy atom. The van der Waals surface area contributed by atoms with Crippen LogP contribution in [-0.2, 0) is 29.3 Å². The molecule has 17 heteroatoms. The summed E-state index contributed by atoms with van der Waals surface area (Å²) in [6, 6.07) is -2.30. The van der Waals surface area contributed by atoms with Crippen LogP contribution in [0.4, 0.5) is 0 Å². The number of ether oxygens (including phenoxy) is 4. The average molecular weight is 588 g/mol. The number of likely N-dealkylation sites (N-methyl/N-ethyl adjacent to an activating group) is 2. The van der Waals surface area contributed by atoms with Crippen LogP contribution in [0, 0.1) is 0 Å². The molecule has 230 valence electrons. The highest BCUT2D eigenvalue weighted by atomic mass is 32.3. The number of rotatable bonds is 8. The second kappa shape index (κ2) is 14.2. The molecule has 1 saturated carbocycles. The fourth-order valence-corrected chi connectivity index (χ4v) is 4.99. The Morgan fingerprint density at radius 3 is 2.28 bits per heavy atom. The zero-order valence-electron chi connectivity index (χ0n) is 22.6. The van der Waals surface area contributed by atoms with Gasteiger partial charge in [-0.2, -0.15) is 8.42 Å². The normalized spacial score (nSPS) is 42.0. The Morgan fingerprint density at radius 1 is 1.15 bits per heavy atom. The van der Waals surface area contributed by atoms with Gasteiger partial charge < -0.3 is 62.1 Å². The molecule has 1 unspecified atom stereocenters. The lowest BCUT2D eigenvalue weighted by molar-refractivity contribution is -0.304. The maximum Gasteiger partial charge on any atom is 0.394 e. The van der Waals surface area contributed by atoms with Crippen LogP contribution >= 0.6 is 0 Å². The molecule has 0 bridgehead atoms. The van der Waals surface area contributed by atoms with E-state index in [9.17, 15) is 15.3 Å². The number of nitrogens with one attached hydrogen (secondary N) is 2. The van der Waals surface area contributed by atoms with Gasteiger partial charge in [-0.1, -0.05) is 6.92 Å². The minimum absolute atomic E-state index is 0.0501. The Kier molecular flexibility index (Phi) is 12.5. The molecule has 0 spiro atoms. The molecule has 0 amide bonds. The fraction of sp³-hybridized carbons (Fsp3) is 0.909. The third-order valence-corrected chi connectivity index (χ3v) is 6.85. The number of aliphatic hydroxyl groups is 3. The van der Waals surface area contributed by atoms with Gasteiger partial charge in [0.2, 0.25) is 6.29 Å². The predicted octanol–water partition coefficient (Wildman–Crippen LogP) is -3.46. The van der Waals surface area contributed by atoms with Gasteiger partial charge in [0, 0.05) is 12.1 Å². The van der Waals surface area contributed by atoms with Gasteiger partial charge in [-0.15, -0.1) is 0 Å². The first kappa shape index (κ1) is 34.2. The maximum absolute atomic E-state index is 11.3. The largest absolute Gasteiger partial charge is 0.466 e. The van der Waals surface area contributed by atoms with E-state index in [1.165, 1.54) is 0 Å². The van der Waals surface area contributed by atoms with E-state index in [2.05, 4.69) is 10.6 Å². The Bertz CT molecular complexity index is 901. The number of hydrogen-bond acceptors (Lipinski definition) is 14. The minimum atomic E-state index is -4.67. The van der Waals surface area contributed by atoms with E-state index in [-0.39, 0.29) is 18.7 Å². The summed E-state index contributed by atoms with van der Waals surface area (Å²) in [6.07, 6.45) is -3.09. The van der Waals surface area contributed by atoms with Gasteiger partial charge in [-0.05, 0) is 46.4 Å². The zero-order valence-corrected chi connectivity index (χ0v) is 23.4. The molecule has 0 aromatic rings. The summed E-state index contributed by atoms with van der Waals surface area (Å²) in [5, 5.41) is 38.9. The van der Waals surface area contributed by atoms with Crippen LogP contribution in [0.1, 0.15) is 33.6 Å². The summed E-state index contributed by atoms with van der Waals surface area (Å²) >= 11 is 0. The van der Waals surface area contributed by atoms with Crippen LogP contribution < -0.4 is 27.8 Å². The molecule has 0 aromatic carbocycles. The second-order valence-corrected chi connectivity index (χ2v) is 11.2. The van der Waals surface area contributed by atoms with Crippen LogP contribution in [0.25, 0.3) is 0 Å². The van der Waals surface area contributed by atoms with Crippen LogP contribution in [0.15, 0.2) is 11.8 Å². The summed E-state index contributed by atoms with van der Waals surface area (Å²) in [7, 11) is -3.02. The van der Waals surface area contributed by atoms with Gasteiger partial charge in [-0.25, -0.2) is 0 Å². The molecule has 13 N–H and O–H groups in total. The van der Waals surface area contributed by atoms with Gasteiger partial charge in [0.25, 0.3) is 0 Å². The number of nitrogens with two attached hydrogens (primary N) is 3. The first-order valence-corrected chi connectivity index (χ1v) is 14.1. The minimum Gasteiger partial charge on any atom is -0.466 e. The first-order chi connectivity index (χ1) is 18.0. The van der Waals surface area contributed by atoms with Crippen molar-refractivity contribution in [2.24, 2.45) is 17.2 Å². The highest BCUT2D eigenvalue weighted by molar-refractivity contribution is 7.79. The molecule has 1 aliphatic carbocycles. The summed E-state index contributed by atoms with van der Waals surface area (Å²) in [5.41, 5.74) is 17.3. The average Bonchev–Trinajstić information content (AvgIpc) is 2.80. The van der Waals surface area contributed by atoms with Crippen LogP contribution in [0.3, 0.4) is 0 Å². The fourth-order valence-electron chi connectivity index (χ4n) is 4.99. The highest BCUT2D eigenvalue weighted by Gasteiger charge is 2.51. The molecule has 2 fully saturated rings. The van der Waals surface area contributed by atoms with Crippen molar-refractivity contribution < 1.29 is 51.8 Å². The quantitative estimate of drug-likeness (QED) is 0.124. The first-order valence-electron chi connectivity index (χ1n) is 12.7. The summed E-state index contributed by atoms with van der Waals surface area (Å²) in [5.74, 6) is 0.577. The highest BCUT2D eigenvalue weighted by Crippen LogP contribution is 2.32. The molecule has 1 saturated heterocycles. The van der Waals surface area contributed by atoms with Crippen molar-refractivity contribution in [2.45, 2.75) is 106 Å². The molecule has 12 atom stereocenters. The van der Waals surface area contributed by atoms with Crippen molar-refractivity contribution >= 4 is 10.4 Å². The molecule has 2 heterocycles. The van der Waals surface area contributed by atoms with Crippen molar-refractivity contribution in [1.29, 1.82) is 0 Å². The molecule has 0 radical (unpaired) electrons. The van der Waals surface area contributed by atoms with Gasteiger partial charge in [0.05, 0.1) is 24.7 Å². The third-order valence-electron chi connectivity index (χ3n) is 6.85. The monoisotopic (exact) mass is 587 g/mol. The predicted molar refractivity (Wildman–Crippen MR) is 138 cm³/mol. The summed E-state index contributed by atoms with van der Waals surface area (Å²) in [6.45, 7) is 5.89. The van der Waals surface area contributed by atoms with Crippen LogP contribution in [-0.4, -0.2) is 126 Å². The summed E-state index contributed by atoms with van der Waals surface area (Å²) < 4.78 is 55.3. The Labute approximate surface area is 228 Å². The maximum atomic E-state index is 11.3. The van der Waals surface area contributed by atoms with Crippen LogP contribution in [0.5, 0.6) is 0 Å². The van der Waals surface area contributed by atoms with E-state index < -0.39 is 71.1 Å². The van der Waals surface area contributed by atoms with Gasteiger partial charge in [0.1, 0.15) is 35.8 Å². The SMILES string of the molecule is CCN[C@H]1C[C@@H](N)[C@@H](O[C@H]2OC(C(C)N)=CC[C@H]2N)[C@H](O)[C@H]1O[C@@H]1OC[C@](C)(O)[C@H](NC)[C@H]1O.O=S(=O)(O)O. The van der Waals surface area contributed by atoms with Gasteiger partial charge >= 0.3 is 10.4 Å². The molecule has 2 aliphatic heterocycles. The van der Waals surface area contributed by atoms with E-state index in [0.717, 1.165) is 0 Å². The molecule has 16 nitrogen and oxygen atoms in total. The molecular weight excluding hydrogens is 542 g/mol. The molecule has 0 aromatic heterocycles. The van der Waals surface area contributed by atoms with E-state index in [1.807, 2.05) is 13.0 Å². The molecule has 3 rings (SSSR count). The van der Waals surface area contributed by atoms with E-state index >= 15 is 0 Å². The molecular formula is C22H45N5O11S. The van der Waals surface area contributed by atoms with Crippen molar-refractivity contribution in [3.63, 3.8) is 0 Å². The lowest BCUT2D eigenvalue weighted by atomic mass is 9.83. The number of aliphatic hydroxyl groups excluding tert-OH is 2. The van der Waals surface area contributed by atoms with Crippen molar-refractivity contribution in [3.05, 3.63) is 11.8 Å². The lowest BCUT2D eigenvalue weighted by Gasteiger charge is -2.49. The zero-order chi connectivity index (χ0) is 29.7. The van der Waals surface area contributed by atoms with Gasteiger partial charge in [0.15, 0.2) is 6.29 Å². The van der Waals surface area contributed by atoms with E-state index in [1.54, 1.807) is 20.9 Å². The van der Waals surface area contributed by atoms with Crippen LogP contribution in [0.2, 0.25) is 0 Å². The molecule has 3 aliphatic rings. The lowest BCUT2D eigenvalue weighted by Crippen LogP contribution is -2.69. The van der Waals surface area contributed by atoms with Crippen molar-refractivity contribution in [1.82, 2.24) is 10.6 Å². The second-order valence-electron chi connectivity index (χ2n) is 10.3. The van der Waals surface area contributed by atoms with E-state index in [4.69, 9.17) is 53.7 Å². The Balaban J connectivity index is 0.000000976.